The van der Waals surface area contributed by atoms with Crippen molar-refractivity contribution in [3.63, 3.8) is 0 Å². The Balaban J connectivity index is 2.06. The van der Waals surface area contributed by atoms with Crippen molar-refractivity contribution < 1.29 is 28.2 Å². The molecular weight excluding hydrogens is 365 g/mol. The standard InChI is InChI=1S/C18H21ClFNO5/c1-4-24-5-6-25-7-8-26-16-10-15(14(20)9-13(16)19)21-17(22)11(2)12(3)18(21)23/h9-10H,4-8H2,1-3H3. The molecule has 1 aliphatic heterocycles. The van der Waals surface area contributed by atoms with Gasteiger partial charge in [0, 0.05) is 23.8 Å². The van der Waals surface area contributed by atoms with Crippen LogP contribution in [-0.2, 0) is 19.1 Å². The number of halogens is 2. The molecule has 142 valence electrons. The van der Waals surface area contributed by atoms with Crippen molar-refractivity contribution in [1.29, 1.82) is 0 Å². The molecule has 0 spiro atoms. The summed E-state index contributed by atoms with van der Waals surface area (Å²) in [6.07, 6.45) is 0. The predicted molar refractivity (Wildman–Crippen MR) is 95.1 cm³/mol. The molecule has 8 heteroatoms. The lowest BCUT2D eigenvalue weighted by Gasteiger charge is -2.18. The Labute approximate surface area is 156 Å². The number of ether oxygens (including phenoxy) is 3. The van der Waals surface area contributed by atoms with Crippen LogP contribution in [0.2, 0.25) is 5.02 Å². The number of hydrogen-bond acceptors (Lipinski definition) is 5. The summed E-state index contributed by atoms with van der Waals surface area (Å²) in [4.78, 5) is 25.3. The van der Waals surface area contributed by atoms with Crippen LogP contribution >= 0.6 is 11.6 Å². The molecule has 0 saturated heterocycles. The average Bonchev–Trinajstić information content (AvgIpc) is 2.79. The fourth-order valence-corrected chi connectivity index (χ4v) is 2.55. The number of rotatable bonds is 9. The number of nitrogens with zero attached hydrogens (tertiary/aromatic N) is 1. The molecule has 1 heterocycles. The van der Waals surface area contributed by atoms with Gasteiger partial charge in [-0.25, -0.2) is 9.29 Å². The van der Waals surface area contributed by atoms with E-state index < -0.39 is 17.6 Å². The number of amides is 2. The molecule has 6 nitrogen and oxygen atoms in total. The van der Waals surface area contributed by atoms with E-state index in [4.69, 9.17) is 25.8 Å². The molecule has 0 bridgehead atoms. The molecule has 1 aliphatic rings. The van der Waals surface area contributed by atoms with E-state index in [1.54, 1.807) is 0 Å². The van der Waals surface area contributed by atoms with Gasteiger partial charge in [0.25, 0.3) is 11.8 Å². The van der Waals surface area contributed by atoms with Crippen LogP contribution in [-0.4, -0.2) is 44.8 Å². The van der Waals surface area contributed by atoms with Crippen molar-refractivity contribution in [2.24, 2.45) is 0 Å². The van der Waals surface area contributed by atoms with Crippen LogP contribution in [0.5, 0.6) is 5.75 Å². The molecule has 2 amide bonds. The first-order valence-electron chi connectivity index (χ1n) is 8.22. The molecule has 0 fully saturated rings. The number of hydrogen-bond donors (Lipinski definition) is 0. The summed E-state index contributed by atoms with van der Waals surface area (Å²) in [7, 11) is 0. The van der Waals surface area contributed by atoms with Gasteiger partial charge in [-0.05, 0) is 26.8 Å². The van der Waals surface area contributed by atoms with Gasteiger partial charge in [0.15, 0.2) is 0 Å². The first-order chi connectivity index (χ1) is 12.4. The molecule has 0 N–H and O–H groups in total. The largest absolute Gasteiger partial charge is 0.490 e. The summed E-state index contributed by atoms with van der Waals surface area (Å²) in [5.41, 5.74) is 0.386. The van der Waals surface area contributed by atoms with Crippen LogP contribution < -0.4 is 9.64 Å². The second kappa shape index (κ2) is 9.12. The number of carbonyl (C=O) groups excluding carboxylic acids is 2. The quantitative estimate of drug-likeness (QED) is 0.482. The Morgan fingerprint density at radius 1 is 1.00 bits per heavy atom. The fraction of sp³-hybridized carbons (Fsp3) is 0.444. The van der Waals surface area contributed by atoms with Gasteiger partial charge in [0.2, 0.25) is 0 Å². The molecule has 0 saturated carbocycles. The predicted octanol–water partition coefficient (Wildman–Crippen LogP) is 3.12. The zero-order valence-electron chi connectivity index (χ0n) is 14.9. The topological polar surface area (TPSA) is 65.1 Å². The van der Waals surface area contributed by atoms with Crippen molar-refractivity contribution in [2.75, 3.05) is 37.9 Å². The van der Waals surface area contributed by atoms with Gasteiger partial charge in [-0.15, -0.1) is 0 Å². The molecule has 1 aromatic rings. The second-order valence-corrected chi connectivity index (χ2v) is 5.99. The third-order valence-corrected chi connectivity index (χ3v) is 4.21. The van der Waals surface area contributed by atoms with E-state index in [9.17, 15) is 14.0 Å². The van der Waals surface area contributed by atoms with E-state index in [1.165, 1.54) is 19.9 Å². The number of imide groups is 1. The third-order valence-electron chi connectivity index (χ3n) is 3.91. The number of carbonyl (C=O) groups is 2. The molecular formula is C18H21ClFNO5. The van der Waals surface area contributed by atoms with Gasteiger partial charge in [-0.1, -0.05) is 11.6 Å². The van der Waals surface area contributed by atoms with Crippen LogP contribution in [0.3, 0.4) is 0 Å². The molecule has 0 aliphatic carbocycles. The maximum absolute atomic E-state index is 14.3. The minimum atomic E-state index is -0.778. The maximum atomic E-state index is 14.3. The minimum Gasteiger partial charge on any atom is -0.490 e. The summed E-state index contributed by atoms with van der Waals surface area (Å²) >= 11 is 6.00. The van der Waals surface area contributed by atoms with Gasteiger partial charge in [-0.3, -0.25) is 9.59 Å². The zero-order valence-corrected chi connectivity index (χ0v) is 15.7. The summed E-state index contributed by atoms with van der Waals surface area (Å²) in [5.74, 6) is -1.73. The Morgan fingerprint density at radius 3 is 2.19 bits per heavy atom. The van der Waals surface area contributed by atoms with Crippen molar-refractivity contribution in [1.82, 2.24) is 0 Å². The zero-order chi connectivity index (χ0) is 19.3. The summed E-state index contributed by atoms with van der Waals surface area (Å²) < 4.78 is 30.3. The Bertz CT molecular complexity index is 711. The lowest BCUT2D eigenvalue weighted by atomic mass is 10.2. The highest BCUT2D eigenvalue weighted by atomic mass is 35.5. The van der Waals surface area contributed by atoms with Gasteiger partial charge >= 0.3 is 0 Å². The van der Waals surface area contributed by atoms with E-state index in [1.807, 2.05) is 6.92 Å². The average molecular weight is 386 g/mol. The van der Waals surface area contributed by atoms with E-state index in [-0.39, 0.29) is 40.8 Å². The summed E-state index contributed by atoms with van der Waals surface area (Å²) in [6, 6.07) is 2.27. The van der Waals surface area contributed by atoms with Crippen molar-refractivity contribution in [3.05, 3.63) is 34.1 Å². The Kier molecular flexibility index (Phi) is 7.14. The van der Waals surface area contributed by atoms with Crippen molar-refractivity contribution in [2.45, 2.75) is 20.8 Å². The van der Waals surface area contributed by atoms with Crippen molar-refractivity contribution >= 4 is 29.1 Å². The fourth-order valence-electron chi connectivity index (χ4n) is 2.34. The monoisotopic (exact) mass is 385 g/mol. The molecule has 1 aromatic carbocycles. The van der Waals surface area contributed by atoms with Crippen molar-refractivity contribution in [3.8, 4) is 5.75 Å². The lowest BCUT2D eigenvalue weighted by Crippen LogP contribution is -2.32. The van der Waals surface area contributed by atoms with Gasteiger partial charge < -0.3 is 14.2 Å². The molecule has 0 atom stereocenters. The molecule has 0 unspecified atom stereocenters. The van der Waals surface area contributed by atoms with Crippen LogP contribution in [0.15, 0.2) is 23.3 Å². The van der Waals surface area contributed by atoms with Gasteiger partial charge in [0.05, 0.1) is 30.5 Å². The Hall–Kier alpha value is -1.96. The summed E-state index contributed by atoms with van der Waals surface area (Å²) in [5, 5.41) is 0.0427. The smallest absolute Gasteiger partial charge is 0.261 e. The van der Waals surface area contributed by atoms with Gasteiger partial charge in [-0.2, -0.15) is 0 Å². The highest BCUT2D eigenvalue weighted by molar-refractivity contribution is 6.34. The van der Waals surface area contributed by atoms with Crippen LogP contribution in [0.25, 0.3) is 0 Å². The van der Waals surface area contributed by atoms with Gasteiger partial charge in [0.1, 0.15) is 18.2 Å². The maximum Gasteiger partial charge on any atom is 0.261 e. The van der Waals surface area contributed by atoms with E-state index >= 15 is 0 Å². The normalized spacial score (nSPS) is 14.6. The highest BCUT2D eigenvalue weighted by Gasteiger charge is 2.36. The third kappa shape index (κ3) is 4.41. The molecule has 0 radical (unpaired) electrons. The second-order valence-electron chi connectivity index (χ2n) is 5.59. The first-order valence-corrected chi connectivity index (χ1v) is 8.59. The number of anilines is 1. The molecule has 0 aromatic heterocycles. The van der Waals surface area contributed by atoms with Crippen LogP contribution in [0.4, 0.5) is 10.1 Å². The van der Waals surface area contributed by atoms with E-state index in [0.717, 1.165) is 11.0 Å². The molecule has 26 heavy (non-hydrogen) atoms. The lowest BCUT2D eigenvalue weighted by molar-refractivity contribution is -0.120. The Morgan fingerprint density at radius 2 is 1.58 bits per heavy atom. The molecule has 2 rings (SSSR count). The first kappa shape index (κ1) is 20.4. The van der Waals surface area contributed by atoms with E-state index in [2.05, 4.69) is 0 Å². The van der Waals surface area contributed by atoms with Crippen LogP contribution in [0.1, 0.15) is 20.8 Å². The van der Waals surface area contributed by atoms with E-state index in [0.29, 0.717) is 19.8 Å². The number of benzene rings is 1. The minimum absolute atomic E-state index is 0.0427. The SMILES string of the molecule is CCOCCOCCOc1cc(N2C(=O)C(C)=C(C)C2=O)c(F)cc1Cl. The summed E-state index contributed by atoms with van der Waals surface area (Å²) in [6.45, 7) is 6.96. The highest BCUT2D eigenvalue weighted by Crippen LogP contribution is 2.35. The van der Waals surface area contributed by atoms with Crippen LogP contribution in [0, 0.1) is 5.82 Å².